The number of hydrogen-bond donors (Lipinski definition) is 3. The number of carbonyl (C=O) groups excluding carboxylic acids is 2. The van der Waals surface area contributed by atoms with Crippen molar-refractivity contribution in [1.82, 2.24) is 5.32 Å². The van der Waals surface area contributed by atoms with Gasteiger partial charge in [0.2, 0.25) is 0 Å². The molecule has 1 aromatic carbocycles. The van der Waals surface area contributed by atoms with E-state index in [4.69, 9.17) is 5.11 Å². The van der Waals surface area contributed by atoms with Crippen molar-refractivity contribution in [2.24, 2.45) is 0 Å². The van der Waals surface area contributed by atoms with Gasteiger partial charge in [0.1, 0.15) is 5.82 Å². The molecule has 0 bridgehead atoms. The van der Waals surface area contributed by atoms with E-state index in [0.717, 1.165) is 6.07 Å². The number of benzene rings is 1. The molecule has 0 unspecified atom stereocenters. The van der Waals surface area contributed by atoms with Crippen molar-refractivity contribution < 1.29 is 23.9 Å². The number of anilines is 1. The average Bonchev–Trinajstić information content (AvgIpc) is 2.30. The third kappa shape index (κ3) is 4.99. The molecule has 7 heteroatoms. The molecule has 1 aromatic rings. The minimum absolute atomic E-state index is 0.342. The number of nitrogens with one attached hydrogen (secondary N) is 2. The SMILES string of the molecule is Cc1cc(F)ccc1NC(=O)NC(=O)/C=C/C(=O)O. The van der Waals surface area contributed by atoms with Gasteiger partial charge in [-0.1, -0.05) is 0 Å². The second-order valence-electron chi connectivity index (χ2n) is 3.57. The number of imide groups is 1. The molecule has 1 rings (SSSR count). The zero-order valence-corrected chi connectivity index (χ0v) is 9.94. The van der Waals surface area contributed by atoms with Crippen LogP contribution in [0.2, 0.25) is 0 Å². The summed E-state index contributed by atoms with van der Waals surface area (Å²) in [4.78, 5) is 32.6. The van der Waals surface area contributed by atoms with Gasteiger partial charge < -0.3 is 10.4 Å². The van der Waals surface area contributed by atoms with E-state index < -0.39 is 23.7 Å². The summed E-state index contributed by atoms with van der Waals surface area (Å²) in [5, 5.41) is 12.5. The van der Waals surface area contributed by atoms with E-state index >= 15 is 0 Å². The summed E-state index contributed by atoms with van der Waals surface area (Å²) in [7, 11) is 0. The molecule has 0 atom stereocenters. The molecule has 0 heterocycles. The third-order valence-corrected chi connectivity index (χ3v) is 2.05. The molecule has 0 aliphatic heterocycles. The van der Waals surface area contributed by atoms with Gasteiger partial charge in [0.05, 0.1) is 0 Å². The van der Waals surface area contributed by atoms with Crippen LogP contribution < -0.4 is 10.6 Å². The lowest BCUT2D eigenvalue weighted by molar-refractivity contribution is -0.131. The molecule has 0 saturated heterocycles. The lowest BCUT2D eigenvalue weighted by atomic mass is 10.2. The molecule has 100 valence electrons. The van der Waals surface area contributed by atoms with Gasteiger partial charge in [-0.3, -0.25) is 10.1 Å². The van der Waals surface area contributed by atoms with Gasteiger partial charge in [-0.15, -0.1) is 0 Å². The summed E-state index contributed by atoms with van der Waals surface area (Å²) in [5.41, 5.74) is 0.831. The third-order valence-electron chi connectivity index (χ3n) is 2.05. The van der Waals surface area contributed by atoms with Crippen LogP contribution in [0.5, 0.6) is 0 Å². The Morgan fingerprint density at radius 3 is 2.53 bits per heavy atom. The molecule has 0 aliphatic carbocycles. The van der Waals surface area contributed by atoms with Gasteiger partial charge in [-0.2, -0.15) is 0 Å². The second kappa shape index (κ2) is 6.29. The number of aryl methyl sites for hydroxylation is 1. The van der Waals surface area contributed by atoms with Crippen LogP contribution in [-0.2, 0) is 9.59 Å². The molecule has 3 N–H and O–H groups in total. The van der Waals surface area contributed by atoms with Crippen LogP contribution in [0.1, 0.15) is 5.56 Å². The maximum absolute atomic E-state index is 12.8. The first kappa shape index (κ1) is 14.4. The molecule has 0 spiro atoms. The fraction of sp³-hybridized carbons (Fsp3) is 0.0833. The normalized spacial score (nSPS) is 10.2. The van der Waals surface area contributed by atoms with E-state index in [0.29, 0.717) is 23.4 Å². The predicted octanol–water partition coefficient (Wildman–Crippen LogP) is 1.42. The zero-order valence-electron chi connectivity index (χ0n) is 9.94. The first-order valence-corrected chi connectivity index (χ1v) is 5.17. The lowest BCUT2D eigenvalue weighted by Crippen LogP contribution is -2.33. The van der Waals surface area contributed by atoms with Crippen molar-refractivity contribution >= 4 is 23.6 Å². The largest absolute Gasteiger partial charge is 0.478 e. The second-order valence-corrected chi connectivity index (χ2v) is 3.57. The molecular weight excluding hydrogens is 255 g/mol. The van der Waals surface area contributed by atoms with Gasteiger partial charge in [0.25, 0.3) is 5.91 Å². The van der Waals surface area contributed by atoms with Crippen LogP contribution in [0.4, 0.5) is 14.9 Å². The molecule has 0 fully saturated rings. The van der Waals surface area contributed by atoms with Crippen LogP contribution in [0.15, 0.2) is 30.4 Å². The number of carboxylic acid groups (broad SMARTS) is 1. The standard InChI is InChI=1S/C12H11FN2O4/c1-7-6-8(13)2-3-9(7)14-12(19)15-10(16)4-5-11(17)18/h2-6H,1H3,(H,17,18)(H2,14,15,16,19)/b5-4+. The van der Waals surface area contributed by atoms with Crippen molar-refractivity contribution in [1.29, 1.82) is 0 Å². The van der Waals surface area contributed by atoms with Crippen molar-refractivity contribution in [2.75, 3.05) is 5.32 Å². The van der Waals surface area contributed by atoms with Gasteiger partial charge in [-0.05, 0) is 30.7 Å². The Kier molecular flexibility index (Phi) is 4.76. The molecule has 0 aromatic heterocycles. The highest BCUT2D eigenvalue weighted by molar-refractivity contribution is 6.06. The van der Waals surface area contributed by atoms with Crippen LogP contribution >= 0.6 is 0 Å². The average molecular weight is 266 g/mol. The van der Waals surface area contributed by atoms with Crippen molar-refractivity contribution in [3.63, 3.8) is 0 Å². The molecule has 0 aliphatic rings. The summed E-state index contributed by atoms with van der Waals surface area (Å²) in [6, 6.07) is 2.90. The van der Waals surface area contributed by atoms with Crippen molar-refractivity contribution in [3.05, 3.63) is 41.7 Å². The summed E-state index contributed by atoms with van der Waals surface area (Å²) in [5.74, 6) is -2.62. The van der Waals surface area contributed by atoms with Crippen LogP contribution in [0.25, 0.3) is 0 Å². The molecule has 3 amide bonds. The molecular formula is C12H11FN2O4. The Bertz CT molecular complexity index is 555. The van der Waals surface area contributed by atoms with Gasteiger partial charge in [-0.25, -0.2) is 14.0 Å². The maximum Gasteiger partial charge on any atom is 0.328 e. The van der Waals surface area contributed by atoms with E-state index in [1.165, 1.54) is 12.1 Å². The highest BCUT2D eigenvalue weighted by Crippen LogP contribution is 2.15. The van der Waals surface area contributed by atoms with Gasteiger partial charge in [0, 0.05) is 17.8 Å². The highest BCUT2D eigenvalue weighted by atomic mass is 19.1. The molecule has 6 nitrogen and oxygen atoms in total. The quantitative estimate of drug-likeness (QED) is 0.721. The number of carboxylic acids is 1. The number of urea groups is 1. The number of halogens is 1. The van der Waals surface area contributed by atoms with E-state index in [9.17, 15) is 18.8 Å². The number of aliphatic carboxylic acids is 1. The van der Waals surface area contributed by atoms with Crippen LogP contribution in [-0.4, -0.2) is 23.0 Å². The Hall–Kier alpha value is -2.70. The van der Waals surface area contributed by atoms with E-state index in [1.54, 1.807) is 6.92 Å². The summed E-state index contributed by atoms with van der Waals surface area (Å²) in [6.07, 6.45) is 1.31. The zero-order chi connectivity index (χ0) is 14.4. The van der Waals surface area contributed by atoms with Crippen molar-refractivity contribution in [3.8, 4) is 0 Å². The first-order chi connectivity index (χ1) is 8.88. The minimum Gasteiger partial charge on any atom is -0.478 e. The van der Waals surface area contributed by atoms with E-state index in [2.05, 4.69) is 5.32 Å². The highest BCUT2D eigenvalue weighted by Gasteiger charge is 2.07. The van der Waals surface area contributed by atoms with Crippen LogP contribution in [0.3, 0.4) is 0 Å². The minimum atomic E-state index is -1.30. The fourth-order valence-corrected chi connectivity index (χ4v) is 1.22. The van der Waals surface area contributed by atoms with E-state index in [1.807, 2.05) is 5.32 Å². The number of rotatable bonds is 3. The Balaban J connectivity index is 2.60. The predicted molar refractivity (Wildman–Crippen MR) is 65.1 cm³/mol. The van der Waals surface area contributed by atoms with Crippen molar-refractivity contribution in [2.45, 2.75) is 6.92 Å². The summed E-state index contributed by atoms with van der Waals surface area (Å²) < 4.78 is 12.8. The van der Waals surface area contributed by atoms with Crippen LogP contribution in [0, 0.1) is 12.7 Å². The molecule has 0 radical (unpaired) electrons. The Morgan fingerprint density at radius 1 is 1.26 bits per heavy atom. The smallest absolute Gasteiger partial charge is 0.328 e. The summed E-state index contributed by atoms with van der Waals surface area (Å²) in [6.45, 7) is 1.59. The lowest BCUT2D eigenvalue weighted by Gasteiger charge is -2.08. The van der Waals surface area contributed by atoms with Gasteiger partial charge in [0.15, 0.2) is 0 Å². The Labute approximate surface area is 107 Å². The monoisotopic (exact) mass is 266 g/mol. The number of amides is 3. The Morgan fingerprint density at radius 2 is 1.95 bits per heavy atom. The first-order valence-electron chi connectivity index (χ1n) is 5.17. The maximum atomic E-state index is 12.8. The van der Waals surface area contributed by atoms with Gasteiger partial charge >= 0.3 is 12.0 Å². The number of hydrogen-bond acceptors (Lipinski definition) is 3. The molecule has 19 heavy (non-hydrogen) atoms. The topological polar surface area (TPSA) is 95.5 Å². The summed E-state index contributed by atoms with van der Waals surface area (Å²) >= 11 is 0. The number of carbonyl (C=O) groups is 3. The fourth-order valence-electron chi connectivity index (χ4n) is 1.22. The van der Waals surface area contributed by atoms with E-state index in [-0.39, 0.29) is 0 Å². The molecule has 0 saturated carbocycles.